The number of fused-ring (bicyclic) bond motifs is 4. The number of aromatic nitrogens is 4. The van der Waals surface area contributed by atoms with Crippen molar-refractivity contribution in [3.05, 3.63) is 83.6 Å². The molecule has 1 atom stereocenters. The first-order valence-corrected chi connectivity index (χ1v) is 12.5. The minimum absolute atomic E-state index is 0.115. The summed E-state index contributed by atoms with van der Waals surface area (Å²) in [6.07, 6.45) is 3.21. The lowest BCUT2D eigenvalue weighted by Gasteiger charge is -2.43. The first-order chi connectivity index (χ1) is 17.1. The Morgan fingerprint density at radius 3 is 2.57 bits per heavy atom. The Labute approximate surface area is 205 Å². The third-order valence-corrected chi connectivity index (χ3v) is 8.33. The Hall–Kier alpha value is -3.71. The molecule has 35 heavy (non-hydrogen) atoms. The largest absolute Gasteiger partial charge is 0.369 e. The molecule has 3 N–H and O–H groups in total. The molecule has 5 aliphatic rings. The highest BCUT2D eigenvalue weighted by Crippen LogP contribution is 2.51. The predicted octanol–water partition coefficient (Wildman–Crippen LogP) is 4.11. The zero-order chi connectivity index (χ0) is 23.6. The molecular weight excluding hydrogens is 434 g/mol. The third kappa shape index (κ3) is 3.04. The van der Waals surface area contributed by atoms with Crippen molar-refractivity contribution in [2.45, 2.75) is 31.8 Å². The minimum atomic E-state index is 0.115. The van der Waals surface area contributed by atoms with Crippen molar-refractivity contribution in [2.75, 3.05) is 29.9 Å². The molecule has 4 aliphatic heterocycles. The topological polar surface area (TPSA) is 84.9 Å². The summed E-state index contributed by atoms with van der Waals surface area (Å²) in [6.45, 7) is 7.96. The molecule has 2 aromatic carbocycles. The van der Waals surface area contributed by atoms with Crippen molar-refractivity contribution < 1.29 is 0 Å². The van der Waals surface area contributed by atoms with Crippen molar-refractivity contribution in [2.24, 2.45) is 11.1 Å². The van der Waals surface area contributed by atoms with Gasteiger partial charge in [0, 0.05) is 37.8 Å². The molecular formula is C28H29N7. The first-order valence-electron chi connectivity index (χ1n) is 12.5. The molecule has 7 heteroatoms. The number of anilines is 2. The molecule has 1 spiro atoms. The highest BCUT2D eigenvalue weighted by Gasteiger charge is 2.46. The Morgan fingerprint density at radius 1 is 1.00 bits per heavy atom. The van der Waals surface area contributed by atoms with Crippen LogP contribution in [0.1, 0.15) is 41.3 Å². The average molecular weight is 464 g/mol. The van der Waals surface area contributed by atoms with Crippen LogP contribution in [-0.4, -0.2) is 39.4 Å². The van der Waals surface area contributed by atoms with Gasteiger partial charge >= 0.3 is 0 Å². The Balaban J connectivity index is 1.21. The lowest BCUT2D eigenvalue weighted by molar-refractivity contribution is 0.186. The molecule has 0 unspecified atom stereocenters. The summed E-state index contributed by atoms with van der Waals surface area (Å²) >= 11 is 0. The number of piperidine rings is 1. The Kier molecular flexibility index (Phi) is 4.51. The van der Waals surface area contributed by atoms with Crippen LogP contribution in [0.2, 0.25) is 0 Å². The lowest BCUT2D eigenvalue weighted by Crippen LogP contribution is -2.45. The molecule has 0 saturated carbocycles. The number of nitrogens with one attached hydrogen (secondary N) is 1. The average Bonchev–Trinajstić information content (AvgIpc) is 3.61. The van der Waals surface area contributed by atoms with Crippen LogP contribution in [0.15, 0.2) is 61.2 Å². The zero-order valence-corrected chi connectivity index (χ0v) is 19.7. The van der Waals surface area contributed by atoms with E-state index in [1.807, 2.05) is 18.2 Å². The molecule has 0 amide bonds. The quantitative estimate of drug-likeness (QED) is 0.476. The van der Waals surface area contributed by atoms with Gasteiger partial charge in [-0.25, -0.2) is 0 Å². The maximum absolute atomic E-state index is 6.81. The summed E-state index contributed by atoms with van der Waals surface area (Å²) in [5, 5.41) is 12.6. The summed E-state index contributed by atoms with van der Waals surface area (Å²) in [5.74, 6) is 2.71. The number of benzene rings is 2. The molecule has 0 radical (unpaired) electrons. The molecule has 1 fully saturated rings. The van der Waals surface area contributed by atoms with Crippen molar-refractivity contribution >= 4 is 17.3 Å². The molecule has 2 aromatic rings. The molecule has 0 bridgehead atoms. The second-order valence-electron chi connectivity index (χ2n) is 10.1. The number of hydrogen-bond acceptors (Lipinski definition) is 6. The van der Waals surface area contributed by atoms with Gasteiger partial charge in [0.15, 0.2) is 5.82 Å². The van der Waals surface area contributed by atoms with Gasteiger partial charge in [-0.1, -0.05) is 61.2 Å². The molecule has 7 rings (SSSR count). The molecule has 0 aromatic heterocycles. The fourth-order valence-corrected chi connectivity index (χ4v) is 6.36. The maximum atomic E-state index is 6.81. The van der Waals surface area contributed by atoms with E-state index in [-0.39, 0.29) is 11.5 Å². The van der Waals surface area contributed by atoms with Crippen molar-refractivity contribution in [3.63, 3.8) is 0 Å². The first kappa shape index (κ1) is 20.6. The molecule has 7 nitrogen and oxygen atoms in total. The van der Waals surface area contributed by atoms with Gasteiger partial charge < -0.3 is 16.0 Å². The standard InChI is InChI=1S/C28H29N7/c1-18(19-7-3-2-4-8-19)23-22-25(33-32-23)31-27(35-16-13-30-26(22)35)34-14-11-28(12-15-34)17-20-9-5-6-10-21(20)24(28)29/h2-10,24,30H,1,11-17,29H2/t24-/m1/s1. The molecule has 1 saturated heterocycles. The Morgan fingerprint density at radius 2 is 1.77 bits per heavy atom. The van der Waals surface area contributed by atoms with Gasteiger partial charge in [0.1, 0.15) is 11.5 Å². The van der Waals surface area contributed by atoms with E-state index < -0.39 is 0 Å². The number of rotatable bonds is 3. The van der Waals surface area contributed by atoms with E-state index in [0.29, 0.717) is 5.82 Å². The third-order valence-electron chi connectivity index (χ3n) is 8.33. The van der Waals surface area contributed by atoms with Crippen LogP contribution in [0.3, 0.4) is 0 Å². The highest BCUT2D eigenvalue weighted by atomic mass is 15.4. The summed E-state index contributed by atoms with van der Waals surface area (Å²) in [5.41, 5.74) is 13.4. The van der Waals surface area contributed by atoms with E-state index in [1.54, 1.807) is 0 Å². The number of nitrogens with two attached hydrogens (primary N) is 1. The van der Waals surface area contributed by atoms with Crippen LogP contribution in [0.4, 0.5) is 11.8 Å². The summed E-state index contributed by atoms with van der Waals surface area (Å²) in [7, 11) is 0. The monoisotopic (exact) mass is 463 g/mol. The summed E-state index contributed by atoms with van der Waals surface area (Å²) in [4.78, 5) is 7.46. The second-order valence-corrected chi connectivity index (χ2v) is 10.1. The maximum Gasteiger partial charge on any atom is 0.209 e. The van der Waals surface area contributed by atoms with E-state index in [9.17, 15) is 0 Å². The van der Waals surface area contributed by atoms with Gasteiger partial charge in [-0.3, -0.25) is 4.57 Å². The van der Waals surface area contributed by atoms with E-state index in [0.717, 1.165) is 79.6 Å². The van der Waals surface area contributed by atoms with Gasteiger partial charge in [0.05, 0.1) is 5.56 Å². The van der Waals surface area contributed by atoms with Crippen molar-refractivity contribution in [1.82, 2.24) is 19.7 Å². The van der Waals surface area contributed by atoms with Gasteiger partial charge in [-0.05, 0) is 41.4 Å². The smallest absolute Gasteiger partial charge is 0.209 e. The highest BCUT2D eigenvalue weighted by molar-refractivity contribution is 5.90. The number of hydrogen-bond donors (Lipinski definition) is 2. The van der Waals surface area contributed by atoms with Crippen LogP contribution in [0.5, 0.6) is 0 Å². The lowest BCUT2D eigenvalue weighted by atomic mass is 9.73. The summed E-state index contributed by atoms with van der Waals surface area (Å²) in [6, 6.07) is 19.0. The minimum Gasteiger partial charge on any atom is -0.369 e. The van der Waals surface area contributed by atoms with Crippen LogP contribution in [0, 0.1) is 5.41 Å². The predicted molar refractivity (Wildman–Crippen MR) is 138 cm³/mol. The van der Waals surface area contributed by atoms with Crippen LogP contribution >= 0.6 is 0 Å². The van der Waals surface area contributed by atoms with E-state index >= 15 is 0 Å². The van der Waals surface area contributed by atoms with Gasteiger partial charge in [-0.2, -0.15) is 4.98 Å². The second kappa shape index (κ2) is 7.65. The van der Waals surface area contributed by atoms with Gasteiger partial charge in [0.2, 0.25) is 5.95 Å². The fraction of sp³-hybridized carbons (Fsp3) is 0.321. The van der Waals surface area contributed by atoms with Crippen molar-refractivity contribution in [1.29, 1.82) is 0 Å². The number of nitrogens with zero attached hydrogens (tertiary/aromatic N) is 5. The molecule has 176 valence electrons. The van der Waals surface area contributed by atoms with E-state index in [4.69, 9.17) is 10.7 Å². The van der Waals surface area contributed by atoms with E-state index in [1.165, 1.54) is 11.1 Å². The summed E-state index contributed by atoms with van der Waals surface area (Å²) < 4.78 is 2.30. The van der Waals surface area contributed by atoms with Crippen LogP contribution in [0.25, 0.3) is 17.0 Å². The van der Waals surface area contributed by atoms with Gasteiger partial charge in [-0.15, -0.1) is 10.2 Å². The zero-order valence-electron chi connectivity index (χ0n) is 19.7. The van der Waals surface area contributed by atoms with Gasteiger partial charge in [0.25, 0.3) is 0 Å². The molecule has 1 aliphatic carbocycles. The van der Waals surface area contributed by atoms with Crippen LogP contribution in [-0.2, 0) is 13.0 Å². The Bertz CT molecular complexity index is 1400. The fourth-order valence-electron chi connectivity index (χ4n) is 6.36. The van der Waals surface area contributed by atoms with Crippen molar-refractivity contribution in [3.8, 4) is 11.4 Å². The van der Waals surface area contributed by atoms with Crippen LogP contribution < -0.4 is 16.0 Å². The van der Waals surface area contributed by atoms with E-state index in [2.05, 4.69) is 68.0 Å². The SMILES string of the molecule is C=C(c1ccccc1)c1nnc2nc(N3CCC4(CC3)Cc3ccccc3[C@H]4N)n3c(c1-2)NCC3. The molecule has 4 heterocycles. The normalized spacial score (nSPS) is 20.1.